The van der Waals surface area contributed by atoms with Crippen LogP contribution in [0, 0.1) is 5.92 Å². The van der Waals surface area contributed by atoms with Gasteiger partial charge in [-0.25, -0.2) is 9.40 Å². The number of methoxy groups -OCH3 is 1. The fourth-order valence-corrected chi connectivity index (χ4v) is 3.98. The average molecular weight is 479 g/mol. The molecular formula is C26H27FN4O4. The molecule has 4 rings (SSSR count). The summed E-state index contributed by atoms with van der Waals surface area (Å²) in [7, 11) is 1.49. The van der Waals surface area contributed by atoms with Crippen LogP contribution in [-0.2, 0) is 11.3 Å². The molecule has 1 aliphatic heterocycles. The number of rotatable bonds is 9. The van der Waals surface area contributed by atoms with E-state index in [0.717, 1.165) is 23.3 Å². The number of carbonyl (C=O) groups is 2. The van der Waals surface area contributed by atoms with Crippen LogP contribution in [0.2, 0.25) is 0 Å². The number of alkyl halides is 1. The number of benzene rings is 2. The van der Waals surface area contributed by atoms with Crippen LogP contribution in [0.3, 0.4) is 0 Å². The topological polar surface area (TPSA) is 96.0 Å². The molecule has 2 aromatic carbocycles. The van der Waals surface area contributed by atoms with Gasteiger partial charge in [-0.1, -0.05) is 19.1 Å². The molecule has 0 spiro atoms. The Kier molecular flexibility index (Phi) is 7.45. The third-order valence-electron chi connectivity index (χ3n) is 5.87. The second-order valence-electron chi connectivity index (χ2n) is 8.10. The molecule has 1 atom stereocenters. The first-order valence-electron chi connectivity index (χ1n) is 11.3. The van der Waals surface area contributed by atoms with Crippen LogP contribution in [-0.4, -0.2) is 41.5 Å². The van der Waals surface area contributed by atoms with E-state index in [1.807, 2.05) is 25.1 Å². The van der Waals surface area contributed by atoms with Crippen LogP contribution in [0.25, 0.3) is 0 Å². The summed E-state index contributed by atoms with van der Waals surface area (Å²) < 4.78 is 23.2. The molecule has 1 unspecified atom stereocenters. The molecular weight excluding hydrogens is 451 g/mol. The number of hydrogen-bond acceptors (Lipinski definition) is 5. The molecule has 0 aliphatic carbocycles. The fourth-order valence-electron chi connectivity index (χ4n) is 3.98. The molecule has 35 heavy (non-hydrogen) atoms. The van der Waals surface area contributed by atoms with E-state index in [1.54, 1.807) is 42.6 Å². The van der Waals surface area contributed by atoms with Crippen molar-refractivity contribution >= 4 is 23.2 Å². The van der Waals surface area contributed by atoms with Crippen LogP contribution >= 0.6 is 0 Å². The van der Waals surface area contributed by atoms with E-state index in [2.05, 4.69) is 15.4 Å². The average Bonchev–Trinajstić information content (AvgIpc) is 3.42. The van der Waals surface area contributed by atoms with Crippen molar-refractivity contribution in [3.8, 4) is 11.5 Å². The molecule has 182 valence electrons. The maximum absolute atomic E-state index is 12.9. The zero-order valence-electron chi connectivity index (χ0n) is 19.6. The van der Waals surface area contributed by atoms with Crippen molar-refractivity contribution in [3.05, 3.63) is 77.6 Å². The smallest absolute Gasteiger partial charge is 0.272 e. The van der Waals surface area contributed by atoms with Gasteiger partial charge in [-0.2, -0.15) is 5.10 Å². The van der Waals surface area contributed by atoms with Gasteiger partial charge in [-0.05, 0) is 54.4 Å². The van der Waals surface area contributed by atoms with Gasteiger partial charge in [0.1, 0.15) is 5.69 Å². The predicted octanol–water partition coefficient (Wildman–Crippen LogP) is 4.74. The van der Waals surface area contributed by atoms with Crippen molar-refractivity contribution in [2.75, 3.05) is 19.3 Å². The minimum Gasteiger partial charge on any atom is -0.493 e. The van der Waals surface area contributed by atoms with E-state index >= 15 is 0 Å². The van der Waals surface area contributed by atoms with Crippen LogP contribution in [0.4, 0.5) is 10.1 Å². The molecule has 0 bridgehead atoms. The highest BCUT2D eigenvalue weighted by molar-refractivity contribution is 6.06. The minimum atomic E-state index is -0.977. The van der Waals surface area contributed by atoms with Gasteiger partial charge in [0.05, 0.1) is 19.4 Å². The Hall–Kier alpha value is -4.14. The summed E-state index contributed by atoms with van der Waals surface area (Å²) in [6.45, 7) is 1.31. The van der Waals surface area contributed by atoms with Crippen LogP contribution in [0.15, 0.2) is 65.9 Å². The second-order valence-corrected chi connectivity index (χ2v) is 8.10. The van der Waals surface area contributed by atoms with E-state index in [9.17, 15) is 14.0 Å². The monoisotopic (exact) mass is 478 g/mol. The van der Waals surface area contributed by atoms with E-state index in [1.165, 1.54) is 12.1 Å². The summed E-state index contributed by atoms with van der Waals surface area (Å²) in [4.78, 5) is 27.9. The lowest BCUT2D eigenvalue weighted by molar-refractivity contribution is -0.133. The SMILES string of the molecule is CCC1CC(=O)N(Cc2ccc(NC(=O)c3ccc[nH]3)cc2)N=C1c1ccc(OC)c(OCF)c1. The van der Waals surface area contributed by atoms with Crippen molar-refractivity contribution < 1.29 is 23.5 Å². The number of aromatic nitrogens is 1. The molecule has 8 nitrogen and oxygen atoms in total. The quantitative estimate of drug-likeness (QED) is 0.464. The summed E-state index contributed by atoms with van der Waals surface area (Å²) in [5.74, 6) is 0.344. The Morgan fingerprint density at radius 3 is 2.66 bits per heavy atom. The molecule has 0 fully saturated rings. The number of hydrazone groups is 1. The number of carbonyl (C=O) groups excluding carboxylic acids is 2. The fraction of sp³-hybridized carbons (Fsp3) is 0.269. The number of halogens is 1. The van der Waals surface area contributed by atoms with Gasteiger partial charge in [-0.3, -0.25) is 9.59 Å². The summed E-state index contributed by atoms with van der Waals surface area (Å²) in [5.41, 5.74) is 3.48. The number of amides is 2. The normalized spacial score (nSPS) is 15.5. The highest BCUT2D eigenvalue weighted by atomic mass is 19.1. The van der Waals surface area contributed by atoms with Gasteiger partial charge < -0.3 is 19.8 Å². The molecule has 1 aliphatic rings. The first-order chi connectivity index (χ1) is 17.0. The zero-order valence-corrected chi connectivity index (χ0v) is 19.6. The number of anilines is 1. The number of hydrogen-bond donors (Lipinski definition) is 2. The van der Waals surface area contributed by atoms with Gasteiger partial charge in [0.25, 0.3) is 5.91 Å². The van der Waals surface area contributed by atoms with Crippen LogP contribution < -0.4 is 14.8 Å². The van der Waals surface area contributed by atoms with Crippen molar-refractivity contribution in [1.82, 2.24) is 9.99 Å². The molecule has 3 aromatic rings. The maximum atomic E-state index is 12.9. The Bertz CT molecular complexity index is 1210. The van der Waals surface area contributed by atoms with E-state index in [-0.39, 0.29) is 30.0 Å². The second kappa shape index (κ2) is 10.9. The summed E-state index contributed by atoms with van der Waals surface area (Å²) in [6, 6.07) is 15.9. The van der Waals surface area contributed by atoms with E-state index < -0.39 is 6.86 Å². The van der Waals surface area contributed by atoms with Crippen molar-refractivity contribution in [1.29, 1.82) is 0 Å². The van der Waals surface area contributed by atoms with Gasteiger partial charge >= 0.3 is 0 Å². The van der Waals surface area contributed by atoms with Crippen LogP contribution in [0.5, 0.6) is 11.5 Å². The molecule has 9 heteroatoms. The summed E-state index contributed by atoms with van der Waals surface area (Å²) in [6.07, 6.45) is 2.75. The summed E-state index contributed by atoms with van der Waals surface area (Å²) in [5, 5.41) is 8.95. The summed E-state index contributed by atoms with van der Waals surface area (Å²) >= 11 is 0. The third kappa shape index (κ3) is 5.51. The molecule has 1 aromatic heterocycles. The minimum absolute atomic E-state index is 0.0593. The lowest BCUT2D eigenvalue weighted by Gasteiger charge is -2.29. The number of nitrogens with zero attached hydrogens (tertiary/aromatic N) is 2. The van der Waals surface area contributed by atoms with Gasteiger partial charge in [0, 0.05) is 29.8 Å². The molecule has 0 saturated heterocycles. The number of nitrogens with one attached hydrogen (secondary N) is 2. The number of ether oxygens (including phenoxy) is 2. The van der Waals surface area contributed by atoms with E-state index in [0.29, 0.717) is 23.6 Å². The predicted molar refractivity (Wildman–Crippen MR) is 130 cm³/mol. The molecule has 2 heterocycles. The highest BCUT2D eigenvalue weighted by Gasteiger charge is 2.29. The van der Waals surface area contributed by atoms with Crippen molar-refractivity contribution in [2.45, 2.75) is 26.3 Å². The third-order valence-corrected chi connectivity index (χ3v) is 5.87. The Morgan fingerprint density at radius 1 is 1.20 bits per heavy atom. The molecule has 2 amide bonds. The number of aromatic amines is 1. The van der Waals surface area contributed by atoms with Crippen molar-refractivity contribution in [3.63, 3.8) is 0 Å². The maximum Gasteiger partial charge on any atom is 0.272 e. The van der Waals surface area contributed by atoms with Gasteiger partial charge in [0.15, 0.2) is 11.5 Å². The van der Waals surface area contributed by atoms with Gasteiger partial charge in [-0.15, -0.1) is 0 Å². The molecule has 0 saturated carbocycles. The van der Waals surface area contributed by atoms with Crippen LogP contribution in [0.1, 0.15) is 41.4 Å². The Morgan fingerprint density at radius 2 is 2.00 bits per heavy atom. The zero-order chi connectivity index (χ0) is 24.8. The first-order valence-corrected chi connectivity index (χ1v) is 11.3. The Labute approximate surface area is 202 Å². The Balaban J connectivity index is 1.53. The van der Waals surface area contributed by atoms with E-state index in [4.69, 9.17) is 9.47 Å². The standard InChI is InChI=1S/C26H27FN4O4/c1-3-18-14-24(32)31(30-25(18)19-8-11-22(34-2)23(13-19)35-16-27)15-17-6-9-20(10-7-17)29-26(33)21-5-4-12-28-21/h4-13,18,28H,3,14-16H2,1-2H3,(H,29,33). The number of H-pyrrole nitrogens is 1. The van der Waals surface area contributed by atoms with Crippen molar-refractivity contribution in [2.24, 2.45) is 11.0 Å². The highest BCUT2D eigenvalue weighted by Crippen LogP contribution is 2.32. The lowest BCUT2D eigenvalue weighted by Crippen LogP contribution is -2.36. The molecule has 2 N–H and O–H groups in total. The molecule has 0 radical (unpaired) electrons. The lowest BCUT2D eigenvalue weighted by atomic mass is 9.89. The largest absolute Gasteiger partial charge is 0.493 e. The first kappa shape index (κ1) is 24.0. The van der Waals surface area contributed by atoms with Gasteiger partial charge in [0.2, 0.25) is 12.8 Å².